The number of carbonyl (C=O) groups excluding carboxylic acids is 1. The van der Waals surface area contributed by atoms with Gasteiger partial charge < -0.3 is 9.26 Å². The van der Waals surface area contributed by atoms with Gasteiger partial charge in [0.15, 0.2) is 0 Å². The van der Waals surface area contributed by atoms with Crippen molar-refractivity contribution in [1.29, 1.82) is 0 Å². The molecular formula is C18H20ClN2O5P. The fraction of sp³-hybridized carbons (Fsp3) is 0.278. The van der Waals surface area contributed by atoms with Crippen molar-refractivity contribution in [2.75, 3.05) is 19.7 Å². The van der Waals surface area contributed by atoms with Gasteiger partial charge in [-0.15, -0.1) is 0 Å². The number of ether oxygens (including phenoxy) is 1. The highest BCUT2D eigenvalue weighted by molar-refractivity contribution is 7.64. The molecule has 1 amide bonds. The Morgan fingerprint density at radius 2 is 1.78 bits per heavy atom. The van der Waals surface area contributed by atoms with Crippen molar-refractivity contribution in [1.82, 2.24) is 10.2 Å². The smallest absolute Gasteiger partial charge is 0.302 e. The Balaban J connectivity index is 1.80. The normalized spacial score (nSPS) is 20.7. The van der Waals surface area contributed by atoms with E-state index < -0.39 is 13.4 Å². The lowest BCUT2D eigenvalue weighted by molar-refractivity contribution is -0.129. The van der Waals surface area contributed by atoms with Crippen LogP contribution in [0.4, 0.5) is 0 Å². The van der Waals surface area contributed by atoms with E-state index in [0.29, 0.717) is 35.0 Å². The van der Waals surface area contributed by atoms with Crippen LogP contribution in [0, 0.1) is 0 Å². The van der Waals surface area contributed by atoms with E-state index in [4.69, 9.17) is 26.1 Å². The number of nitrogens with one attached hydrogen (secondary N) is 1. The Morgan fingerprint density at radius 3 is 2.41 bits per heavy atom. The summed E-state index contributed by atoms with van der Waals surface area (Å²) in [5.41, 5.74) is 1.58. The second kappa shape index (κ2) is 8.87. The Labute approximate surface area is 162 Å². The summed E-state index contributed by atoms with van der Waals surface area (Å²) in [7, 11) is -3.41. The van der Waals surface area contributed by atoms with Crippen molar-refractivity contribution in [3.63, 3.8) is 0 Å². The van der Waals surface area contributed by atoms with E-state index >= 15 is 0 Å². The van der Waals surface area contributed by atoms with Gasteiger partial charge in [-0.1, -0.05) is 11.6 Å². The third-order valence-electron chi connectivity index (χ3n) is 4.11. The Bertz CT molecular complexity index is 829. The Hall–Kier alpha value is -1.89. The van der Waals surface area contributed by atoms with Crippen LogP contribution in [0.3, 0.4) is 0 Å². The molecule has 2 aromatic rings. The van der Waals surface area contributed by atoms with E-state index in [1.54, 1.807) is 54.0 Å². The molecule has 2 N–H and O–H groups in total. The van der Waals surface area contributed by atoms with Crippen LogP contribution in [-0.2, 0) is 13.9 Å². The van der Waals surface area contributed by atoms with E-state index in [-0.39, 0.29) is 6.54 Å². The van der Waals surface area contributed by atoms with Gasteiger partial charge in [0.25, 0.3) is 5.91 Å². The fourth-order valence-electron chi connectivity index (χ4n) is 2.75. The molecule has 0 aromatic heterocycles. The highest BCUT2D eigenvalue weighted by Gasteiger charge is 2.36. The monoisotopic (exact) mass is 410 g/mol. The first-order chi connectivity index (χ1) is 13.0. The summed E-state index contributed by atoms with van der Waals surface area (Å²) in [6.07, 6.45) is 1.50. The van der Waals surface area contributed by atoms with E-state index in [9.17, 15) is 9.36 Å². The molecule has 9 heteroatoms. The number of nitrogens with zero attached hydrogens (tertiary/aromatic N) is 1. The molecule has 0 aliphatic carbocycles. The number of amides is 1. The van der Waals surface area contributed by atoms with Gasteiger partial charge in [-0.2, -0.15) is 0 Å². The number of hydroxylamine groups is 1. The first-order valence-electron chi connectivity index (χ1n) is 8.48. The third-order valence-corrected chi connectivity index (χ3v) is 6.93. The predicted molar refractivity (Wildman–Crippen MR) is 102 cm³/mol. The lowest BCUT2D eigenvalue weighted by Crippen LogP contribution is -2.36. The number of halogens is 1. The van der Waals surface area contributed by atoms with Crippen LogP contribution >= 0.6 is 19.1 Å². The van der Waals surface area contributed by atoms with Crippen LogP contribution in [0.25, 0.3) is 0 Å². The fourth-order valence-corrected chi connectivity index (χ4v) is 5.14. The minimum absolute atomic E-state index is 0.212. The first-order valence-corrected chi connectivity index (χ1v) is 10.4. The van der Waals surface area contributed by atoms with E-state index in [1.165, 1.54) is 4.67 Å². The summed E-state index contributed by atoms with van der Waals surface area (Å²) in [5.74, 6) is 0.566. The van der Waals surface area contributed by atoms with Crippen LogP contribution in [0.5, 0.6) is 11.5 Å². The van der Waals surface area contributed by atoms with Crippen LogP contribution < -0.4 is 15.5 Å². The molecule has 1 fully saturated rings. The molecule has 0 saturated carbocycles. The average Bonchev–Trinajstić information content (AvgIpc) is 2.86. The van der Waals surface area contributed by atoms with Crippen molar-refractivity contribution >= 4 is 30.3 Å². The van der Waals surface area contributed by atoms with E-state index in [0.717, 1.165) is 12.8 Å². The zero-order chi connectivity index (χ0) is 19.3. The van der Waals surface area contributed by atoms with Crippen molar-refractivity contribution in [2.24, 2.45) is 0 Å². The Morgan fingerprint density at radius 1 is 1.15 bits per heavy atom. The first kappa shape index (κ1) is 19.9. The van der Waals surface area contributed by atoms with Gasteiger partial charge in [0.05, 0.1) is 18.5 Å². The molecule has 144 valence electrons. The zero-order valence-electron chi connectivity index (χ0n) is 14.5. The minimum Gasteiger partial charge on any atom is -0.457 e. The summed E-state index contributed by atoms with van der Waals surface area (Å²) in [5, 5.41) is 9.88. The summed E-state index contributed by atoms with van der Waals surface area (Å²) in [4.78, 5) is 11.6. The van der Waals surface area contributed by atoms with Gasteiger partial charge in [0, 0.05) is 11.6 Å². The summed E-state index contributed by atoms with van der Waals surface area (Å²) in [6.45, 7) is 0.572. The maximum Gasteiger partial charge on any atom is 0.302 e. The molecule has 1 aliphatic rings. The van der Waals surface area contributed by atoms with Crippen molar-refractivity contribution in [3.8, 4) is 11.5 Å². The molecule has 1 unspecified atom stereocenters. The number of benzene rings is 2. The zero-order valence-corrected chi connectivity index (χ0v) is 16.2. The van der Waals surface area contributed by atoms with Crippen LogP contribution in [0.15, 0.2) is 48.5 Å². The van der Waals surface area contributed by atoms with Crippen molar-refractivity contribution in [3.05, 3.63) is 53.6 Å². The maximum absolute atomic E-state index is 13.5. The highest BCUT2D eigenvalue weighted by Crippen LogP contribution is 2.51. The van der Waals surface area contributed by atoms with Gasteiger partial charge in [0.1, 0.15) is 11.5 Å². The maximum atomic E-state index is 13.5. The molecule has 2 aromatic carbocycles. The van der Waals surface area contributed by atoms with E-state index in [2.05, 4.69) is 0 Å². The topological polar surface area (TPSA) is 88.1 Å². The van der Waals surface area contributed by atoms with Crippen molar-refractivity contribution < 1.29 is 23.8 Å². The lowest BCUT2D eigenvalue weighted by Gasteiger charge is -2.28. The summed E-state index contributed by atoms with van der Waals surface area (Å²) in [6, 6.07) is 13.7. The number of hydrogen-bond acceptors (Lipinski definition) is 5. The van der Waals surface area contributed by atoms with Crippen LogP contribution in [0.2, 0.25) is 5.02 Å². The second-order valence-electron chi connectivity index (χ2n) is 6.03. The molecule has 27 heavy (non-hydrogen) atoms. The largest absolute Gasteiger partial charge is 0.457 e. The molecule has 1 aliphatic heterocycles. The number of carbonyl (C=O) groups is 1. The van der Waals surface area contributed by atoms with Gasteiger partial charge in [-0.3, -0.25) is 14.6 Å². The lowest BCUT2D eigenvalue weighted by atomic mass is 10.3. The van der Waals surface area contributed by atoms with Crippen LogP contribution in [0.1, 0.15) is 12.8 Å². The third kappa shape index (κ3) is 4.89. The second-order valence-corrected chi connectivity index (χ2v) is 8.85. The standard InChI is InChI=1S/C18H20ClN2O5P/c19-14-3-5-15(6-4-14)26-16-7-9-17(10-8-16)27(24)21(13-18(22)20-23)11-1-2-12-25-27/h3-10,23H,1-2,11-13H2,(H,20,22). The SMILES string of the molecule is O=C(CN1CCCCOP1(=O)c1ccc(Oc2ccc(Cl)cc2)cc1)NO. The Kier molecular flexibility index (Phi) is 6.52. The molecule has 1 heterocycles. The minimum atomic E-state index is -3.41. The molecular weight excluding hydrogens is 391 g/mol. The van der Waals surface area contributed by atoms with Crippen LogP contribution in [-0.4, -0.2) is 35.5 Å². The predicted octanol–water partition coefficient (Wildman–Crippen LogP) is 3.57. The molecule has 7 nitrogen and oxygen atoms in total. The molecule has 0 bridgehead atoms. The quantitative estimate of drug-likeness (QED) is 0.445. The average molecular weight is 411 g/mol. The summed E-state index contributed by atoms with van der Waals surface area (Å²) < 4.78 is 26.4. The van der Waals surface area contributed by atoms with Crippen molar-refractivity contribution in [2.45, 2.75) is 12.8 Å². The molecule has 1 saturated heterocycles. The molecule has 0 spiro atoms. The summed E-state index contributed by atoms with van der Waals surface area (Å²) >= 11 is 5.86. The number of rotatable bonds is 5. The molecule has 0 radical (unpaired) electrons. The van der Waals surface area contributed by atoms with Gasteiger partial charge in [0.2, 0.25) is 0 Å². The van der Waals surface area contributed by atoms with Gasteiger partial charge >= 0.3 is 7.52 Å². The van der Waals surface area contributed by atoms with Gasteiger partial charge in [-0.05, 0) is 61.4 Å². The number of hydrogen-bond donors (Lipinski definition) is 2. The van der Waals surface area contributed by atoms with Gasteiger partial charge in [-0.25, -0.2) is 10.2 Å². The highest BCUT2D eigenvalue weighted by atomic mass is 35.5. The van der Waals surface area contributed by atoms with E-state index in [1.807, 2.05) is 0 Å². The molecule has 1 atom stereocenters. The molecule has 3 rings (SSSR count).